The Kier molecular flexibility index (Phi) is 3.81. The first-order chi connectivity index (χ1) is 8.58. The molecule has 18 heavy (non-hydrogen) atoms. The first kappa shape index (κ1) is 13.2. The van der Waals surface area contributed by atoms with E-state index in [-0.39, 0.29) is 17.5 Å². The SMILES string of the molecule is CCCC1(CNC(C)c2c(O)cccc2O)CC1. The molecule has 0 aromatic heterocycles. The number of hydrogen-bond donors (Lipinski definition) is 3. The molecule has 1 fully saturated rings. The number of phenolic OH excluding ortho intramolecular Hbond substituents is 2. The van der Waals surface area contributed by atoms with Crippen molar-refractivity contribution in [2.24, 2.45) is 5.41 Å². The maximum Gasteiger partial charge on any atom is 0.124 e. The molecule has 1 aromatic rings. The van der Waals surface area contributed by atoms with Crippen LogP contribution in [0.15, 0.2) is 18.2 Å². The van der Waals surface area contributed by atoms with Crippen LogP contribution in [-0.4, -0.2) is 16.8 Å². The second kappa shape index (κ2) is 5.19. The van der Waals surface area contributed by atoms with Crippen LogP contribution in [0, 0.1) is 5.41 Å². The Bertz CT molecular complexity index is 393. The Balaban J connectivity index is 1.98. The third-order valence-corrected chi connectivity index (χ3v) is 4.01. The number of hydrogen-bond acceptors (Lipinski definition) is 3. The fourth-order valence-electron chi connectivity index (χ4n) is 2.68. The van der Waals surface area contributed by atoms with E-state index in [4.69, 9.17) is 0 Å². The Labute approximate surface area is 109 Å². The molecule has 0 spiro atoms. The van der Waals surface area contributed by atoms with E-state index in [1.54, 1.807) is 18.2 Å². The van der Waals surface area contributed by atoms with Gasteiger partial charge in [-0.2, -0.15) is 0 Å². The molecular weight excluding hydrogens is 226 g/mol. The summed E-state index contributed by atoms with van der Waals surface area (Å²) in [7, 11) is 0. The molecule has 100 valence electrons. The van der Waals surface area contributed by atoms with Crippen molar-refractivity contribution in [3.63, 3.8) is 0 Å². The minimum atomic E-state index is -0.0273. The summed E-state index contributed by atoms with van der Waals surface area (Å²) in [5.41, 5.74) is 1.08. The van der Waals surface area contributed by atoms with Crippen molar-refractivity contribution in [3.05, 3.63) is 23.8 Å². The van der Waals surface area contributed by atoms with Crippen LogP contribution < -0.4 is 5.32 Å². The van der Waals surface area contributed by atoms with Crippen LogP contribution in [0.3, 0.4) is 0 Å². The zero-order valence-corrected chi connectivity index (χ0v) is 11.2. The van der Waals surface area contributed by atoms with Crippen molar-refractivity contribution in [2.75, 3.05) is 6.54 Å². The highest BCUT2D eigenvalue weighted by molar-refractivity contribution is 5.44. The summed E-state index contributed by atoms with van der Waals surface area (Å²) >= 11 is 0. The molecular formula is C15H23NO2. The molecule has 3 nitrogen and oxygen atoms in total. The van der Waals surface area contributed by atoms with Crippen LogP contribution in [0.4, 0.5) is 0 Å². The van der Waals surface area contributed by atoms with Gasteiger partial charge in [0.25, 0.3) is 0 Å². The molecule has 0 radical (unpaired) electrons. The summed E-state index contributed by atoms with van der Waals surface area (Å²) in [4.78, 5) is 0. The Morgan fingerprint density at radius 2 is 1.89 bits per heavy atom. The van der Waals surface area contributed by atoms with Gasteiger partial charge in [-0.1, -0.05) is 19.4 Å². The monoisotopic (exact) mass is 249 g/mol. The highest BCUT2D eigenvalue weighted by Gasteiger charge is 2.41. The van der Waals surface area contributed by atoms with E-state index in [1.807, 2.05) is 6.92 Å². The Morgan fingerprint density at radius 3 is 2.39 bits per heavy atom. The van der Waals surface area contributed by atoms with Gasteiger partial charge < -0.3 is 15.5 Å². The van der Waals surface area contributed by atoms with Gasteiger partial charge in [0, 0.05) is 12.6 Å². The fourth-order valence-corrected chi connectivity index (χ4v) is 2.68. The summed E-state index contributed by atoms with van der Waals surface area (Å²) in [6, 6.07) is 4.86. The molecule has 3 heteroatoms. The van der Waals surface area contributed by atoms with Crippen molar-refractivity contribution >= 4 is 0 Å². The Morgan fingerprint density at radius 1 is 1.28 bits per heavy atom. The quantitative estimate of drug-likeness (QED) is 0.725. The molecule has 0 amide bonds. The standard InChI is InChI=1S/C15H23NO2/c1-3-7-15(8-9-15)10-16-11(2)14-12(17)5-4-6-13(14)18/h4-6,11,16-18H,3,7-10H2,1-2H3. The summed E-state index contributed by atoms with van der Waals surface area (Å²) in [6.45, 7) is 5.17. The second-order valence-corrected chi connectivity index (χ2v) is 5.56. The average molecular weight is 249 g/mol. The Hall–Kier alpha value is -1.22. The number of rotatable bonds is 6. The lowest BCUT2D eigenvalue weighted by atomic mass is 9.99. The van der Waals surface area contributed by atoms with Gasteiger partial charge in [-0.15, -0.1) is 0 Å². The van der Waals surface area contributed by atoms with Gasteiger partial charge in [-0.25, -0.2) is 0 Å². The fraction of sp³-hybridized carbons (Fsp3) is 0.600. The third-order valence-electron chi connectivity index (χ3n) is 4.01. The van der Waals surface area contributed by atoms with Crippen molar-refractivity contribution < 1.29 is 10.2 Å². The average Bonchev–Trinajstić information content (AvgIpc) is 3.07. The normalized spacial score (nSPS) is 18.6. The first-order valence-electron chi connectivity index (χ1n) is 6.82. The molecule has 0 bridgehead atoms. The lowest BCUT2D eigenvalue weighted by Crippen LogP contribution is -2.26. The van der Waals surface area contributed by atoms with Crippen LogP contribution in [0.2, 0.25) is 0 Å². The van der Waals surface area contributed by atoms with Crippen molar-refractivity contribution in [2.45, 2.75) is 45.6 Å². The summed E-state index contributed by atoms with van der Waals surface area (Å²) in [5, 5.41) is 23.1. The molecule has 0 aliphatic heterocycles. The van der Waals surface area contributed by atoms with Gasteiger partial charge in [-0.05, 0) is 43.7 Å². The van der Waals surface area contributed by atoms with E-state index in [9.17, 15) is 10.2 Å². The molecule has 3 N–H and O–H groups in total. The van der Waals surface area contributed by atoms with Crippen LogP contribution in [0.5, 0.6) is 11.5 Å². The predicted octanol–water partition coefficient (Wildman–Crippen LogP) is 3.33. The van der Waals surface area contributed by atoms with E-state index in [1.165, 1.54) is 25.7 Å². The van der Waals surface area contributed by atoms with E-state index < -0.39 is 0 Å². The van der Waals surface area contributed by atoms with Gasteiger partial charge in [0.2, 0.25) is 0 Å². The molecule has 1 atom stereocenters. The zero-order valence-electron chi connectivity index (χ0n) is 11.2. The van der Waals surface area contributed by atoms with E-state index >= 15 is 0 Å². The lowest BCUT2D eigenvalue weighted by molar-refractivity contribution is 0.377. The van der Waals surface area contributed by atoms with Crippen molar-refractivity contribution in [1.82, 2.24) is 5.32 Å². The van der Waals surface area contributed by atoms with E-state index in [0.717, 1.165) is 6.54 Å². The van der Waals surface area contributed by atoms with Crippen LogP contribution in [0.25, 0.3) is 0 Å². The van der Waals surface area contributed by atoms with Gasteiger partial charge >= 0.3 is 0 Å². The maximum atomic E-state index is 9.81. The van der Waals surface area contributed by atoms with Gasteiger partial charge in [-0.3, -0.25) is 0 Å². The highest BCUT2D eigenvalue weighted by Crippen LogP contribution is 2.49. The van der Waals surface area contributed by atoms with Gasteiger partial charge in [0.05, 0.1) is 5.56 Å². The molecule has 2 rings (SSSR count). The second-order valence-electron chi connectivity index (χ2n) is 5.56. The largest absolute Gasteiger partial charge is 0.507 e. The van der Waals surface area contributed by atoms with Crippen molar-refractivity contribution in [1.29, 1.82) is 0 Å². The van der Waals surface area contributed by atoms with Gasteiger partial charge in [0.15, 0.2) is 0 Å². The minimum absolute atomic E-state index is 0.0273. The minimum Gasteiger partial charge on any atom is -0.507 e. The summed E-state index contributed by atoms with van der Waals surface area (Å²) < 4.78 is 0. The van der Waals surface area contributed by atoms with E-state index in [2.05, 4.69) is 12.2 Å². The molecule has 1 aliphatic carbocycles. The van der Waals surface area contributed by atoms with Crippen LogP contribution in [0.1, 0.15) is 51.1 Å². The summed E-state index contributed by atoms with van der Waals surface area (Å²) in [6.07, 6.45) is 5.08. The lowest BCUT2D eigenvalue weighted by Gasteiger charge is -2.21. The third kappa shape index (κ3) is 2.78. The smallest absolute Gasteiger partial charge is 0.124 e. The van der Waals surface area contributed by atoms with Crippen LogP contribution in [-0.2, 0) is 0 Å². The van der Waals surface area contributed by atoms with E-state index in [0.29, 0.717) is 11.0 Å². The first-order valence-corrected chi connectivity index (χ1v) is 6.82. The van der Waals surface area contributed by atoms with Crippen molar-refractivity contribution in [3.8, 4) is 11.5 Å². The molecule has 0 heterocycles. The zero-order chi connectivity index (χ0) is 13.2. The number of benzene rings is 1. The topological polar surface area (TPSA) is 52.5 Å². The molecule has 0 saturated heterocycles. The maximum absolute atomic E-state index is 9.81. The van der Waals surface area contributed by atoms with Gasteiger partial charge in [0.1, 0.15) is 11.5 Å². The van der Waals surface area contributed by atoms with Crippen LogP contribution >= 0.6 is 0 Å². The molecule has 1 unspecified atom stereocenters. The number of phenols is 2. The molecule has 1 saturated carbocycles. The summed E-state index contributed by atoms with van der Waals surface area (Å²) in [5.74, 6) is 0.325. The molecule has 1 aliphatic rings. The predicted molar refractivity (Wildman–Crippen MR) is 72.8 cm³/mol. The number of nitrogens with one attached hydrogen (secondary N) is 1. The highest BCUT2D eigenvalue weighted by atomic mass is 16.3. The number of aromatic hydroxyl groups is 2. The molecule has 1 aromatic carbocycles.